The lowest BCUT2D eigenvalue weighted by Gasteiger charge is -2.26. The molecule has 1 aliphatic rings. The molecule has 3 N–H and O–H groups in total. The van der Waals surface area contributed by atoms with E-state index in [0.29, 0.717) is 55.5 Å². The van der Waals surface area contributed by atoms with Crippen LogP contribution >= 0.6 is 0 Å². The first-order chi connectivity index (χ1) is 15.5. The van der Waals surface area contributed by atoms with Crippen molar-refractivity contribution in [1.82, 2.24) is 14.9 Å². The summed E-state index contributed by atoms with van der Waals surface area (Å²) >= 11 is 0. The second-order valence-electron chi connectivity index (χ2n) is 7.56. The highest BCUT2D eigenvalue weighted by Crippen LogP contribution is 2.27. The molecule has 0 radical (unpaired) electrons. The van der Waals surface area contributed by atoms with Crippen molar-refractivity contribution < 1.29 is 19.4 Å². The van der Waals surface area contributed by atoms with Gasteiger partial charge in [-0.15, -0.1) is 0 Å². The second-order valence-corrected chi connectivity index (χ2v) is 7.56. The molecule has 164 valence electrons. The van der Waals surface area contributed by atoms with E-state index in [2.05, 4.69) is 9.97 Å². The summed E-state index contributed by atoms with van der Waals surface area (Å²) in [5.74, 6) is -0.521. The van der Waals surface area contributed by atoms with E-state index in [-0.39, 0.29) is 12.3 Å². The van der Waals surface area contributed by atoms with Crippen molar-refractivity contribution in [3.63, 3.8) is 0 Å². The molecular formula is C24H24N4O4. The largest absolute Gasteiger partial charge is 0.481 e. The van der Waals surface area contributed by atoms with Gasteiger partial charge in [-0.3, -0.25) is 9.59 Å². The van der Waals surface area contributed by atoms with Crippen LogP contribution in [0.1, 0.15) is 22.3 Å². The number of nitrogens with two attached hydrogens (primary N) is 1. The average Bonchev–Trinajstić information content (AvgIpc) is 2.84. The smallest absolute Gasteiger partial charge is 0.303 e. The zero-order chi connectivity index (χ0) is 22.5. The minimum Gasteiger partial charge on any atom is -0.481 e. The van der Waals surface area contributed by atoms with Crippen molar-refractivity contribution in [2.24, 2.45) is 0 Å². The SMILES string of the molecule is Nc1ncc(-c2ccc(C(=O)N3CCOCC3)cc2)nc1-c1ccc(CCC(=O)O)cc1. The van der Waals surface area contributed by atoms with Gasteiger partial charge in [-0.1, -0.05) is 36.4 Å². The number of nitrogen functional groups attached to an aromatic ring is 1. The van der Waals surface area contributed by atoms with Gasteiger partial charge in [0.2, 0.25) is 0 Å². The van der Waals surface area contributed by atoms with Crippen LogP contribution in [0.25, 0.3) is 22.5 Å². The molecule has 4 rings (SSSR count). The third kappa shape index (κ3) is 4.92. The number of hydrogen-bond acceptors (Lipinski definition) is 6. The number of amides is 1. The number of carbonyl (C=O) groups excluding carboxylic acids is 1. The van der Waals surface area contributed by atoms with Crippen LogP contribution in [0.15, 0.2) is 54.7 Å². The van der Waals surface area contributed by atoms with Crippen molar-refractivity contribution in [3.05, 3.63) is 65.9 Å². The van der Waals surface area contributed by atoms with E-state index in [1.165, 1.54) is 0 Å². The lowest BCUT2D eigenvalue weighted by atomic mass is 10.0. The van der Waals surface area contributed by atoms with Gasteiger partial charge in [0.15, 0.2) is 0 Å². The number of nitrogens with zero attached hydrogens (tertiary/aromatic N) is 3. The maximum atomic E-state index is 12.6. The molecule has 1 aliphatic heterocycles. The van der Waals surface area contributed by atoms with Crippen molar-refractivity contribution in [2.75, 3.05) is 32.0 Å². The number of carboxylic acid groups (broad SMARTS) is 1. The van der Waals surface area contributed by atoms with Crippen LogP contribution in [-0.4, -0.2) is 58.2 Å². The molecule has 0 unspecified atom stereocenters. The number of carboxylic acids is 1. The Hall–Kier alpha value is -3.78. The quantitative estimate of drug-likeness (QED) is 0.615. The Bertz CT molecular complexity index is 1110. The molecule has 32 heavy (non-hydrogen) atoms. The highest BCUT2D eigenvalue weighted by molar-refractivity contribution is 5.94. The molecule has 0 saturated carbocycles. The van der Waals surface area contributed by atoms with E-state index >= 15 is 0 Å². The molecule has 0 atom stereocenters. The van der Waals surface area contributed by atoms with Gasteiger partial charge in [0.1, 0.15) is 11.5 Å². The van der Waals surface area contributed by atoms with Crippen LogP contribution in [0.5, 0.6) is 0 Å². The summed E-state index contributed by atoms with van der Waals surface area (Å²) in [5.41, 5.74) is 10.5. The molecule has 2 heterocycles. The molecule has 1 amide bonds. The molecule has 0 bridgehead atoms. The summed E-state index contributed by atoms with van der Waals surface area (Å²) in [6, 6.07) is 14.8. The van der Waals surface area contributed by atoms with Gasteiger partial charge in [0.25, 0.3) is 5.91 Å². The Labute approximate surface area is 185 Å². The zero-order valence-corrected chi connectivity index (χ0v) is 17.5. The first-order valence-electron chi connectivity index (χ1n) is 10.4. The Morgan fingerprint density at radius 2 is 1.66 bits per heavy atom. The summed E-state index contributed by atoms with van der Waals surface area (Å²) in [4.78, 5) is 34.2. The third-order valence-corrected chi connectivity index (χ3v) is 5.38. The molecule has 3 aromatic rings. The molecule has 8 nitrogen and oxygen atoms in total. The summed E-state index contributed by atoms with van der Waals surface area (Å²) in [6.45, 7) is 2.33. The highest BCUT2D eigenvalue weighted by Gasteiger charge is 2.18. The minimum absolute atomic E-state index is 0.00748. The standard InChI is InChI=1S/C24H24N4O4/c25-23-22(18-4-1-16(2-5-18)3-10-21(29)30)27-20(15-26-23)17-6-8-19(9-7-17)24(31)28-11-13-32-14-12-28/h1-2,4-9,15H,3,10-14H2,(H2,25,26)(H,29,30). The summed E-state index contributed by atoms with van der Waals surface area (Å²) in [5, 5.41) is 8.84. The summed E-state index contributed by atoms with van der Waals surface area (Å²) in [7, 11) is 0. The fourth-order valence-corrected chi connectivity index (χ4v) is 3.56. The average molecular weight is 432 g/mol. The van der Waals surface area contributed by atoms with E-state index in [9.17, 15) is 9.59 Å². The van der Waals surface area contributed by atoms with Crippen LogP contribution in [0.2, 0.25) is 0 Å². The van der Waals surface area contributed by atoms with Crippen molar-refractivity contribution in [1.29, 1.82) is 0 Å². The molecule has 1 fully saturated rings. The van der Waals surface area contributed by atoms with Gasteiger partial charge in [0, 0.05) is 36.2 Å². The van der Waals surface area contributed by atoms with Crippen molar-refractivity contribution >= 4 is 17.7 Å². The molecule has 8 heteroatoms. The van der Waals surface area contributed by atoms with Gasteiger partial charge < -0.3 is 20.5 Å². The summed E-state index contributed by atoms with van der Waals surface area (Å²) in [6.07, 6.45) is 2.16. The normalized spacial score (nSPS) is 13.7. The predicted molar refractivity (Wildman–Crippen MR) is 120 cm³/mol. The van der Waals surface area contributed by atoms with Crippen LogP contribution in [-0.2, 0) is 16.0 Å². The van der Waals surface area contributed by atoms with E-state index in [0.717, 1.165) is 16.7 Å². The number of anilines is 1. The lowest BCUT2D eigenvalue weighted by Crippen LogP contribution is -2.40. The van der Waals surface area contributed by atoms with Crippen molar-refractivity contribution in [3.8, 4) is 22.5 Å². The van der Waals surface area contributed by atoms with Crippen LogP contribution in [0, 0.1) is 0 Å². The molecule has 0 aliphatic carbocycles. The van der Waals surface area contributed by atoms with Gasteiger partial charge in [-0.2, -0.15) is 0 Å². The second kappa shape index (κ2) is 9.57. The fourth-order valence-electron chi connectivity index (χ4n) is 3.56. The van der Waals surface area contributed by atoms with E-state index in [1.54, 1.807) is 23.2 Å². The highest BCUT2D eigenvalue weighted by atomic mass is 16.5. The first-order valence-corrected chi connectivity index (χ1v) is 10.4. The molecule has 0 spiro atoms. The van der Waals surface area contributed by atoms with Crippen molar-refractivity contribution in [2.45, 2.75) is 12.8 Å². The molecular weight excluding hydrogens is 408 g/mol. The maximum Gasteiger partial charge on any atom is 0.303 e. The van der Waals surface area contributed by atoms with E-state index in [1.807, 2.05) is 36.4 Å². The molecule has 1 saturated heterocycles. The van der Waals surface area contributed by atoms with E-state index < -0.39 is 5.97 Å². The van der Waals surface area contributed by atoms with Crippen LogP contribution < -0.4 is 5.73 Å². The fraction of sp³-hybridized carbons (Fsp3) is 0.250. The monoisotopic (exact) mass is 432 g/mol. The van der Waals surface area contributed by atoms with Gasteiger partial charge >= 0.3 is 5.97 Å². The number of morpholine rings is 1. The minimum atomic E-state index is -0.824. The van der Waals surface area contributed by atoms with Gasteiger partial charge in [-0.25, -0.2) is 9.97 Å². The Morgan fingerprint density at radius 3 is 2.31 bits per heavy atom. The topological polar surface area (TPSA) is 119 Å². The maximum absolute atomic E-state index is 12.6. The number of ether oxygens (including phenoxy) is 1. The third-order valence-electron chi connectivity index (χ3n) is 5.38. The number of carbonyl (C=O) groups is 2. The first kappa shape index (κ1) is 21.5. The Kier molecular flexibility index (Phi) is 6.42. The summed E-state index contributed by atoms with van der Waals surface area (Å²) < 4.78 is 5.31. The van der Waals surface area contributed by atoms with E-state index in [4.69, 9.17) is 15.6 Å². The van der Waals surface area contributed by atoms with Gasteiger partial charge in [0.05, 0.1) is 25.1 Å². The Morgan fingerprint density at radius 1 is 1.00 bits per heavy atom. The molecule has 1 aromatic heterocycles. The number of aromatic nitrogens is 2. The number of benzene rings is 2. The van der Waals surface area contributed by atoms with Crippen LogP contribution in [0.3, 0.4) is 0 Å². The molecule has 2 aromatic carbocycles. The number of rotatable bonds is 6. The zero-order valence-electron chi connectivity index (χ0n) is 17.5. The lowest BCUT2D eigenvalue weighted by molar-refractivity contribution is -0.136. The number of hydrogen-bond donors (Lipinski definition) is 2. The number of aliphatic carboxylic acids is 1. The van der Waals surface area contributed by atoms with Crippen LogP contribution in [0.4, 0.5) is 5.82 Å². The number of aryl methyl sites for hydroxylation is 1. The predicted octanol–water partition coefficient (Wildman–Crippen LogP) is 2.88. The van der Waals surface area contributed by atoms with Gasteiger partial charge in [-0.05, 0) is 24.1 Å². The Balaban J connectivity index is 1.53.